The number of non-ortho nitro benzene ring substituents is 1. The van der Waals surface area contributed by atoms with E-state index in [9.17, 15) is 14.9 Å². The van der Waals surface area contributed by atoms with Crippen molar-refractivity contribution in [3.63, 3.8) is 0 Å². The molecule has 0 aliphatic heterocycles. The summed E-state index contributed by atoms with van der Waals surface area (Å²) in [5, 5.41) is 10.8. The summed E-state index contributed by atoms with van der Waals surface area (Å²) in [6, 6.07) is 14.8. The Bertz CT molecular complexity index is 727. The van der Waals surface area contributed by atoms with Crippen molar-refractivity contribution in [1.29, 1.82) is 0 Å². The Hall–Kier alpha value is -1.79. The van der Waals surface area contributed by atoms with Crippen LogP contribution in [0.25, 0.3) is 4.48 Å². The zero-order valence-electron chi connectivity index (χ0n) is 10.6. The van der Waals surface area contributed by atoms with E-state index in [1.165, 1.54) is 12.1 Å². The van der Waals surface area contributed by atoms with Gasteiger partial charge in [0, 0.05) is 22.2 Å². The Balaban J connectivity index is 2.41. The van der Waals surface area contributed by atoms with Crippen LogP contribution in [-0.2, 0) is 0 Å². The van der Waals surface area contributed by atoms with Crippen LogP contribution in [-0.4, -0.2) is 10.7 Å². The molecule has 0 radical (unpaired) electrons. The van der Waals surface area contributed by atoms with Gasteiger partial charge in [-0.2, -0.15) is 0 Å². The number of hydrogen-bond donors (Lipinski definition) is 0. The van der Waals surface area contributed by atoms with Gasteiger partial charge in [0.15, 0.2) is 0 Å². The number of hydrogen-bond acceptors (Lipinski definition) is 3. The number of halogens is 2. The van der Waals surface area contributed by atoms with Crippen molar-refractivity contribution in [3.05, 3.63) is 80.3 Å². The molecule has 0 amide bonds. The van der Waals surface area contributed by atoms with Crippen molar-refractivity contribution in [2.24, 2.45) is 0 Å². The van der Waals surface area contributed by atoms with Crippen molar-refractivity contribution in [1.82, 2.24) is 0 Å². The van der Waals surface area contributed by atoms with Crippen molar-refractivity contribution in [2.45, 2.75) is 0 Å². The summed E-state index contributed by atoms with van der Waals surface area (Å²) in [7, 11) is 0. The average molecular weight is 411 g/mol. The van der Waals surface area contributed by atoms with Crippen LogP contribution in [0.3, 0.4) is 0 Å². The van der Waals surface area contributed by atoms with Crippen molar-refractivity contribution < 1.29 is 9.72 Å². The van der Waals surface area contributed by atoms with Crippen LogP contribution in [0.1, 0.15) is 15.9 Å². The van der Waals surface area contributed by atoms with Crippen LogP contribution in [0.5, 0.6) is 0 Å². The van der Waals surface area contributed by atoms with E-state index >= 15 is 0 Å². The summed E-state index contributed by atoms with van der Waals surface area (Å²) in [5.74, 6) is -0.200. The maximum absolute atomic E-state index is 12.3. The van der Waals surface area contributed by atoms with Crippen molar-refractivity contribution in [2.75, 3.05) is 0 Å². The van der Waals surface area contributed by atoms with E-state index < -0.39 is 4.92 Å². The Labute approximate surface area is 137 Å². The fourth-order valence-corrected chi connectivity index (χ4v) is 2.58. The van der Waals surface area contributed by atoms with Gasteiger partial charge in [-0.15, -0.1) is 0 Å². The van der Waals surface area contributed by atoms with Gasteiger partial charge < -0.3 is 0 Å². The molecule has 2 aromatic carbocycles. The lowest BCUT2D eigenvalue weighted by Crippen LogP contribution is -1.99. The molecule has 0 aromatic heterocycles. The second kappa shape index (κ2) is 6.78. The average Bonchev–Trinajstić information content (AvgIpc) is 2.53. The Morgan fingerprint density at radius 3 is 2.19 bits per heavy atom. The topological polar surface area (TPSA) is 60.2 Å². The largest absolute Gasteiger partial charge is 0.288 e. The second-order valence-electron chi connectivity index (χ2n) is 4.13. The SMILES string of the molecule is O=C(C(Br)=C(Br)c1cccc([N+](=O)[O-])c1)c1ccccc1. The molecule has 0 spiro atoms. The van der Waals surface area contributed by atoms with Gasteiger partial charge in [0.05, 0.1) is 9.41 Å². The first-order valence-electron chi connectivity index (χ1n) is 5.90. The van der Waals surface area contributed by atoms with E-state index in [0.717, 1.165) is 0 Å². The predicted molar refractivity (Wildman–Crippen MR) is 88.6 cm³/mol. The summed E-state index contributed by atoms with van der Waals surface area (Å²) in [6.07, 6.45) is 0. The van der Waals surface area contributed by atoms with Crippen LogP contribution in [0, 0.1) is 10.1 Å². The lowest BCUT2D eigenvalue weighted by molar-refractivity contribution is -0.384. The summed E-state index contributed by atoms with van der Waals surface area (Å²) in [4.78, 5) is 22.6. The van der Waals surface area contributed by atoms with Gasteiger partial charge in [-0.25, -0.2) is 0 Å². The number of nitro groups is 1. The quantitative estimate of drug-likeness (QED) is 0.310. The highest BCUT2D eigenvalue weighted by molar-refractivity contribution is 9.16. The zero-order valence-corrected chi connectivity index (χ0v) is 13.8. The van der Waals surface area contributed by atoms with Gasteiger partial charge in [-0.05, 0) is 37.4 Å². The molecule has 6 heteroatoms. The van der Waals surface area contributed by atoms with Crippen LogP contribution >= 0.6 is 31.9 Å². The molecule has 2 aromatic rings. The zero-order chi connectivity index (χ0) is 15.4. The fourth-order valence-electron chi connectivity index (χ4n) is 1.70. The molecule has 0 unspecified atom stereocenters. The minimum absolute atomic E-state index is 0.0306. The molecule has 0 N–H and O–H groups in total. The molecule has 0 saturated heterocycles. The van der Waals surface area contributed by atoms with E-state index in [2.05, 4.69) is 31.9 Å². The summed E-state index contributed by atoms with van der Waals surface area (Å²) >= 11 is 6.58. The second-order valence-corrected chi connectivity index (χ2v) is 5.72. The van der Waals surface area contributed by atoms with E-state index in [0.29, 0.717) is 20.1 Å². The minimum atomic E-state index is -0.475. The van der Waals surface area contributed by atoms with Gasteiger partial charge in [-0.3, -0.25) is 14.9 Å². The third-order valence-corrected chi connectivity index (χ3v) is 4.88. The number of benzene rings is 2. The molecule has 0 fully saturated rings. The monoisotopic (exact) mass is 409 g/mol. The number of allylic oxidation sites excluding steroid dienone is 1. The van der Waals surface area contributed by atoms with Crippen LogP contribution in [0.15, 0.2) is 59.1 Å². The fraction of sp³-hybridized carbons (Fsp3) is 0. The van der Waals surface area contributed by atoms with Gasteiger partial charge >= 0.3 is 0 Å². The number of carbonyl (C=O) groups is 1. The highest BCUT2D eigenvalue weighted by Gasteiger charge is 2.16. The Kier molecular flexibility index (Phi) is 5.03. The van der Waals surface area contributed by atoms with Crippen LogP contribution in [0.4, 0.5) is 5.69 Å². The van der Waals surface area contributed by atoms with Gasteiger partial charge in [0.25, 0.3) is 5.69 Å². The van der Waals surface area contributed by atoms with E-state index in [1.54, 1.807) is 36.4 Å². The molecule has 106 valence electrons. The standard InChI is InChI=1S/C15H9Br2NO3/c16-13(11-7-4-8-12(9-11)18(20)21)14(17)15(19)10-5-2-1-3-6-10/h1-9H. The maximum atomic E-state index is 12.3. The highest BCUT2D eigenvalue weighted by atomic mass is 79.9. The molecule has 4 nitrogen and oxygen atoms in total. The van der Waals surface area contributed by atoms with Gasteiger partial charge in [0.2, 0.25) is 5.78 Å². The normalized spacial score (nSPS) is 11.7. The molecule has 2 rings (SSSR count). The third-order valence-electron chi connectivity index (χ3n) is 2.74. The lowest BCUT2D eigenvalue weighted by Gasteiger charge is -2.05. The number of carbonyl (C=O) groups excluding carboxylic acids is 1. The number of nitro benzene ring substituents is 1. The van der Waals surface area contributed by atoms with Crippen LogP contribution in [0.2, 0.25) is 0 Å². The predicted octanol–water partition coefficient (Wildman–Crippen LogP) is 4.94. The van der Waals surface area contributed by atoms with Crippen LogP contribution < -0.4 is 0 Å². The smallest absolute Gasteiger partial charge is 0.270 e. The molecule has 0 aliphatic carbocycles. The number of rotatable bonds is 4. The number of nitrogens with zero attached hydrogens (tertiary/aromatic N) is 1. The number of ketones is 1. The molecule has 0 heterocycles. The summed E-state index contributed by atoms with van der Waals surface area (Å²) in [5.41, 5.74) is 1.06. The summed E-state index contributed by atoms with van der Waals surface area (Å²) in [6.45, 7) is 0. The van der Waals surface area contributed by atoms with E-state index in [-0.39, 0.29) is 11.5 Å². The van der Waals surface area contributed by atoms with Gasteiger partial charge in [-0.1, -0.05) is 42.5 Å². The van der Waals surface area contributed by atoms with Crippen molar-refractivity contribution >= 4 is 47.8 Å². The molecule has 0 aliphatic rings. The lowest BCUT2D eigenvalue weighted by atomic mass is 10.1. The molecule has 0 bridgehead atoms. The Morgan fingerprint density at radius 1 is 0.952 bits per heavy atom. The highest BCUT2D eigenvalue weighted by Crippen LogP contribution is 2.32. The van der Waals surface area contributed by atoms with Gasteiger partial charge in [0.1, 0.15) is 0 Å². The number of Topliss-reactive ketones (excluding diaryl/α,β-unsaturated/α-hetero) is 1. The maximum Gasteiger partial charge on any atom is 0.270 e. The molecule has 0 saturated carbocycles. The Morgan fingerprint density at radius 2 is 1.57 bits per heavy atom. The van der Waals surface area contributed by atoms with E-state index in [4.69, 9.17) is 0 Å². The molecule has 21 heavy (non-hydrogen) atoms. The molecular weight excluding hydrogens is 402 g/mol. The summed E-state index contributed by atoms with van der Waals surface area (Å²) < 4.78 is 0.786. The minimum Gasteiger partial charge on any atom is -0.288 e. The first-order chi connectivity index (χ1) is 10.0. The first-order valence-corrected chi connectivity index (χ1v) is 7.49. The first kappa shape index (κ1) is 15.6. The van der Waals surface area contributed by atoms with E-state index in [1.807, 2.05) is 6.07 Å². The molecule has 0 atom stereocenters. The van der Waals surface area contributed by atoms with Crippen molar-refractivity contribution in [3.8, 4) is 0 Å². The third kappa shape index (κ3) is 3.65. The molecular formula is C15H9Br2NO3.